The summed E-state index contributed by atoms with van der Waals surface area (Å²) in [7, 11) is 0. The lowest BCUT2D eigenvalue weighted by Gasteiger charge is -2.29. The molecule has 1 aromatic heterocycles. The Bertz CT molecular complexity index is 1030. The number of carbonyl (C=O) groups is 2. The van der Waals surface area contributed by atoms with Gasteiger partial charge in [-0.15, -0.1) is 0 Å². The SMILES string of the molecule is O=C(O)c1ccc2c(c1)CCCN2C(=O)COc1cccc2cnccc12. The molecule has 1 aliphatic rings. The largest absolute Gasteiger partial charge is 0.483 e. The Labute approximate surface area is 156 Å². The number of aromatic carboxylic acids is 1. The number of carboxylic acids is 1. The fourth-order valence-corrected chi connectivity index (χ4v) is 3.43. The molecule has 0 atom stereocenters. The molecular weight excluding hydrogens is 344 g/mol. The lowest BCUT2D eigenvalue weighted by molar-refractivity contribution is -0.120. The summed E-state index contributed by atoms with van der Waals surface area (Å²) < 4.78 is 5.80. The smallest absolute Gasteiger partial charge is 0.335 e. The van der Waals surface area contributed by atoms with Crippen molar-refractivity contribution in [3.63, 3.8) is 0 Å². The van der Waals surface area contributed by atoms with Crippen LogP contribution in [-0.2, 0) is 11.2 Å². The Hall–Kier alpha value is -3.41. The zero-order valence-electron chi connectivity index (χ0n) is 14.6. The average Bonchev–Trinajstić information content (AvgIpc) is 2.71. The molecular formula is C21H18N2O4. The number of carboxylic acid groups (broad SMARTS) is 1. The van der Waals surface area contributed by atoms with Crippen LogP contribution in [0.3, 0.4) is 0 Å². The molecule has 0 saturated heterocycles. The summed E-state index contributed by atoms with van der Waals surface area (Å²) in [4.78, 5) is 29.7. The molecule has 27 heavy (non-hydrogen) atoms. The third-order valence-corrected chi connectivity index (χ3v) is 4.74. The summed E-state index contributed by atoms with van der Waals surface area (Å²) in [5.74, 6) is -0.471. The predicted octanol–water partition coefficient (Wildman–Crippen LogP) is 3.29. The first-order valence-electron chi connectivity index (χ1n) is 8.75. The van der Waals surface area contributed by atoms with Crippen molar-refractivity contribution in [2.24, 2.45) is 0 Å². The molecule has 4 rings (SSSR count). The molecule has 0 radical (unpaired) electrons. The monoisotopic (exact) mass is 362 g/mol. The summed E-state index contributed by atoms with van der Waals surface area (Å²) in [5.41, 5.74) is 1.89. The molecule has 0 spiro atoms. The normalized spacial score (nSPS) is 13.3. The molecule has 2 aromatic carbocycles. The minimum Gasteiger partial charge on any atom is -0.483 e. The van der Waals surface area contributed by atoms with Gasteiger partial charge in [-0.05, 0) is 48.7 Å². The van der Waals surface area contributed by atoms with Crippen molar-refractivity contribution in [2.75, 3.05) is 18.1 Å². The highest BCUT2D eigenvalue weighted by molar-refractivity contribution is 5.97. The van der Waals surface area contributed by atoms with Crippen molar-refractivity contribution in [3.8, 4) is 5.75 Å². The Balaban J connectivity index is 1.53. The standard InChI is InChI=1S/C21H18N2O4/c24-20(13-27-19-5-1-3-16-12-22-9-8-17(16)19)23-10-2-4-14-11-15(21(25)26)6-7-18(14)23/h1,3,5-9,11-12H,2,4,10,13H2,(H,25,26). The minimum absolute atomic E-state index is 0.0818. The van der Waals surface area contributed by atoms with Gasteiger partial charge in [0.2, 0.25) is 0 Å². The first-order chi connectivity index (χ1) is 13.1. The number of pyridine rings is 1. The lowest BCUT2D eigenvalue weighted by Crippen LogP contribution is -2.38. The predicted molar refractivity (Wildman–Crippen MR) is 101 cm³/mol. The van der Waals surface area contributed by atoms with Crippen LogP contribution in [0.2, 0.25) is 0 Å². The number of aryl methyl sites for hydroxylation is 1. The van der Waals surface area contributed by atoms with E-state index in [0.29, 0.717) is 12.3 Å². The summed E-state index contributed by atoms with van der Waals surface area (Å²) >= 11 is 0. The Kier molecular flexibility index (Phi) is 4.46. The molecule has 3 aromatic rings. The molecule has 1 N–H and O–H groups in total. The number of fused-ring (bicyclic) bond motifs is 2. The van der Waals surface area contributed by atoms with Crippen LogP contribution in [0.15, 0.2) is 54.9 Å². The third kappa shape index (κ3) is 3.33. The van der Waals surface area contributed by atoms with E-state index in [0.717, 1.165) is 34.9 Å². The van der Waals surface area contributed by atoms with Gasteiger partial charge >= 0.3 is 5.97 Å². The molecule has 0 bridgehead atoms. The maximum absolute atomic E-state index is 12.8. The number of carbonyl (C=O) groups excluding carboxylic acids is 1. The van der Waals surface area contributed by atoms with Crippen LogP contribution >= 0.6 is 0 Å². The van der Waals surface area contributed by atoms with E-state index < -0.39 is 5.97 Å². The molecule has 6 nitrogen and oxygen atoms in total. The molecule has 0 aliphatic carbocycles. The van der Waals surface area contributed by atoms with Crippen LogP contribution < -0.4 is 9.64 Å². The fourth-order valence-electron chi connectivity index (χ4n) is 3.43. The van der Waals surface area contributed by atoms with Gasteiger partial charge in [0.25, 0.3) is 5.91 Å². The minimum atomic E-state index is -0.963. The second-order valence-electron chi connectivity index (χ2n) is 6.44. The van der Waals surface area contributed by atoms with E-state index in [9.17, 15) is 9.59 Å². The molecule has 0 unspecified atom stereocenters. The number of benzene rings is 2. The van der Waals surface area contributed by atoms with E-state index in [4.69, 9.17) is 9.84 Å². The van der Waals surface area contributed by atoms with Crippen molar-refractivity contribution >= 4 is 28.3 Å². The quantitative estimate of drug-likeness (QED) is 0.770. The molecule has 0 fully saturated rings. The molecule has 0 saturated carbocycles. The summed E-state index contributed by atoms with van der Waals surface area (Å²) in [6, 6.07) is 12.4. The van der Waals surface area contributed by atoms with E-state index in [1.54, 1.807) is 29.4 Å². The number of hydrogen-bond acceptors (Lipinski definition) is 4. The number of hydrogen-bond donors (Lipinski definition) is 1. The molecule has 1 aliphatic heterocycles. The maximum Gasteiger partial charge on any atom is 0.335 e. The van der Waals surface area contributed by atoms with E-state index in [2.05, 4.69) is 4.98 Å². The zero-order valence-corrected chi connectivity index (χ0v) is 14.6. The van der Waals surface area contributed by atoms with Gasteiger partial charge in [0.1, 0.15) is 5.75 Å². The second-order valence-corrected chi connectivity index (χ2v) is 6.44. The number of rotatable bonds is 4. The number of aromatic nitrogens is 1. The second kappa shape index (κ2) is 7.07. The van der Waals surface area contributed by atoms with Crippen LogP contribution in [0.25, 0.3) is 10.8 Å². The van der Waals surface area contributed by atoms with Crippen LogP contribution in [0.4, 0.5) is 5.69 Å². The van der Waals surface area contributed by atoms with Crippen molar-refractivity contribution in [1.82, 2.24) is 4.98 Å². The fraction of sp³-hybridized carbons (Fsp3) is 0.190. The molecule has 1 amide bonds. The topological polar surface area (TPSA) is 79.7 Å². The van der Waals surface area contributed by atoms with Crippen molar-refractivity contribution in [3.05, 3.63) is 66.0 Å². The van der Waals surface area contributed by atoms with Crippen LogP contribution in [-0.4, -0.2) is 35.1 Å². The van der Waals surface area contributed by atoms with Crippen molar-refractivity contribution in [1.29, 1.82) is 0 Å². The first kappa shape index (κ1) is 17.0. The van der Waals surface area contributed by atoms with Gasteiger partial charge < -0.3 is 14.7 Å². The van der Waals surface area contributed by atoms with Gasteiger partial charge in [-0.2, -0.15) is 0 Å². The average molecular weight is 362 g/mol. The number of ether oxygens (including phenoxy) is 1. The van der Waals surface area contributed by atoms with E-state index >= 15 is 0 Å². The van der Waals surface area contributed by atoms with Gasteiger partial charge in [-0.25, -0.2) is 4.79 Å². The van der Waals surface area contributed by atoms with Crippen molar-refractivity contribution < 1.29 is 19.4 Å². The van der Waals surface area contributed by atoms with Gasteiger partial charge in [-0.1, -0.05) is 12.1 Å². The third-order valence-electron chi connectivity index (χ3n) is 4.74. The van der Waals surface area contributed by atoms with E-state index in [1.165, 1.54) is 6.07 Å². The first-order valence-corrected chi connectivity index (χ1v) is 8.75. The Morgan fingerprint density at radius 1 is 1.19 bits per heavy atom. The van der Waals surface area contributed by atoms with Crippen LogP contribution in [0.1, 0.15) is 22.3 Å². The van der Waals surface area contributed by atoms with Crippen LogP contribution in [0, 0.1) is 0 Å². The van der Waals surface area contributed by atoms with Crippen molar-refractivity contribution in [2.45, 2.75) is 12.8 Å². The lowest BCUT2D eigenvalue weighted by atomic mass is 9.99. The van der Waals surface area contributed by atoms with Gasteiger partial charge in [0, 0.05) is 35.4 Å². The summed E-state index contributed by atoms with van der Waals surface area (Å²) in [6.45, 7) is 0.516. The van der Waals surface area contributed by atoms with Gasteiger partial charge in [0.15, 0.2) is 6.61 Å². The Morgan fingerprint density at radius 2 is 2.07 bits per heavy atom. The van der Waals surface area contributed by atoms with E-state index in [-0.39, 0.29) is 18.1 Å². The highest BCUT2D eigenvalue weighted by atomic mass is 16.5. The number of amides is 1. The maximum atomic E-state index is 12.8. The van der Waals surface area contributed by atoms with Crippen LogP contribution in [0.5, 0.6) is 5.75 Å². The highest BCUT2D eigenvalue weighted by Crippen LogP contribution is 2.29. The molecule has 6 heteroatoms. The summed E-state index contributed by atoms with van der Waals surface area (Å²) in [5, 5.41) is 11.0. The van der Waals surface area contributed by atoms with Gasteiger partial charge in [-0.3, -0.25) is 9.78 Å². The number of nitrogens with zero attached hydrogens (tertiary/aromatic N) is 2. The molecule has 136 valence electrons. The highest BCUT2D eigenvalue weighted by Gasteiger charge is 2.24. The van der Waals surface area contributed by atoms with E-state index in [1.807, 2.05) is 24.3 Å². The number of anilines is 1. The molecule has 2 heterocycles. The zero-order chi connectivity index (χ0) is 18.8. The van der Waals surface area contributed by atoms with Gasteiger partial charge in [0.05, 0.1) is 5.56 Å². The summed E-state index contributed by atoms with van der Waals surface area (Å²) in [6.07, 6.45) is 5.00. The Morgan fingerprint density at radius 3 is 2.93 bits per heavy atom.